The summed E-state index contributed by atoms with van der Waals surface area (Å²) < 4.78 is 56.2. The van der Waals surface area contributed by atoms with Gasteiger partial charge in [0.05, 0.1) is 55.1 Å². The second kappa shape index (κ2) is 9.86. The van der Waals surface area contributed by atoms with Crippen LogP contribution in [0.25, 0.3) is 10.9 Å². The number of pyridine rings is 1. The van der Waals surface area contributed by atoms with E-state index in [9.17, 15) is 18.0 Å². The van der Waals surface area contributed by atoms with Crippen molar-refractivity contribution in [3.05, 3.63) is 47.7 Å². The van der Waals surface area contributed by atoms with Crippen LogP contribution >= 0.6 is 0 Å². The Bertz CT molecular complexity index is 1280. The number of nitrogens with one attached hydrogen (secondary N) is 1. The summed E-state index contributed by atoms with van der Waals surface area (Å²) in [6, 6.07) is 4.27. The summed E-state index contributed by atoms with van der Waals surface area (Å²) in [5, 5.41) is 3.01. The lowest BCUT2D eigenvalue weighted by atomic mass is 9.97. The number of fused-ring (bicyclic) bond motifs is 2. The van der Waals surface area contributed by atoms with E-state index in [0.29, 0.717) is 34.7 Å². The molecule has 2 aliphatic rings. The molecule has 3 aromatic rings. The van der Waals surface area contributed by atoms with Gasteiger partial charge in [0.25, 0.3) is 0 Å². The van der Waals surface area contributed by atoms with Crippen molar-refractivity contribution >= 4 is 22.5 Å². The molecule has 1 amide bonds. The Morgan fingerprint density at radius 3 is 2.67 bits per heavy atom. The first kappa shape index (κ1) is 24.2. The Hall–Kier alpha value is -3.51. The number of ether oxygens (including phenoxy) is 3. The molecule has 1 N–H and O–H groups in total. The Morgan fingerprint density at radius 2 is 1.92 bits per heavy atom. The van der Waals surface area contributed by atoms with E-state index in [-0.39, 0.29) is 11.4 Å². The molecule has 1 atom stereocenters. The van der Waals surface area contributed by atoms with Crippen LogP contribution in [0.1, 0.15) is 29.3 Å². The second-order valence-electron chi connectivity index (χ2n) is 8.51. The second-order valence-corrected chi connectivity index (χ2v) is 8.51. The molecule has 0 spiro atoms. The van der Waals surface area contributed by atoms with Gasteiger partial charge in [0, 0.05) is 37.3 Å². The molecule has 1 saturated heterocycles. The summed E-state index contributed by atoms with van der Waals surface area (Å²) in [7, 11) is 1.50. The normalized spacial score (nSPS) is 18.2. The smallest absolute Gasteiger partial charge is 0.417 e. The van der Waals surface area contributed by atoms with E-state index in [1.54, 1.807) is 12.1 Å². The Morgan fingerprint density at radius 1 is 1.11 bits per heavy atom. The van der Waals surface area contributed by atoms with Crippen LogP contribution in [0.4, 0.5) is 18.9 Å². The molecule has 9 nitrogen and oxygen atoms in total. The third-order valence-electron chi connectivity index (χ3n) is 6.24. The summed E-state index contributed by atoms with van der Waals surface area (Å²) in [6.45, 7) is 4.66. The van der Waals surface area contributed by atoms with Crippen LogP contribution in [0.5, 0.6) is 11.5 Å². The van der Waals surface area contributed by atoms with Crippen molar-refractivity contribution in [2.45, 2.75) is 18.5 Å². The number of hydrogen-bond acceptors (Lipinski definition) is 8. The number of anilines is 1. The fourth-order valence-electron chi connectivity index (χ4n) is 4.42. The minimum Gasteiger partial charge on any atom is -0.493 e. The molecule has 5 rings (SSSR count). The molecule has 2 aliphatic heterocycles. The van der Waals surface area contributed by atoms with E-state index in [4.69, 9.17) is 14.2 Å². The highest BCUT2D eigenvalue weighted by atomic mass is 19.4. The number of carbonyl (C=O) groups is 1. The summed E-state index contributed by atoms with van der Waals surface area (Å²) in [6.07, 6.45) is -1.72. The van der Waals surface area contributed by atoms with Crippen molar-refractivity contribution in [2.24, 2.45) is 0 Å². The fraction of sp³-hybridized carbons (Fsp3) is 0.417. The number of carbonyl (C=O) groups excluding carboxylic acids is 1. The lowest BCUT2D eigenvalue weighted by Crippen LogP contribution is -2.37. The molecule has 36 heavy (non-hydrogen) atoms. The molecule has 0 aliphatic carbocycles. The van der Waals surface area contributed by atoms with Gasteiger partial charge < -0.3 is 19.5 Å². The van der Waals surface area contributed by atoms with Crippen LogP contribution in [-0.2, 0) is 15.7 Å². The van der Waals surface area contributed by atoms with E-state index in [0.717, 1.165) is 51.5 Å². The van der Waals surface area contributed by atoms with Crippen LogP contribution < -0.4 is 14.8 Å². The van der Waals surface area contributed by atoms with Crippen molar-refractivity contribution in [1.29, 1.82) is 0 Å². The van der Waals surface area contributed by atoms with E-state index in [2.05, 4.69) is 25.2 Å². The van der Waals surface area contributed by atoms with E-state index < -0.39 is 23.6 Å². The van der Waals surface area contributed by atoms with Gasteiger partial charge in [0.2, 0.25) is 5.91 Å². The maximum Gasteiger partial charge on any atom is 0.417 e. The first-order chi connectivity index (χ1) is 17.3. The molecule has 2 aromatic heterocycles. The van der Waals surface area contributed by atoms with Crippen molar-refractivity contribution in [3.8, 4) is 11.5 Å². The van der Waals surface area contributed by atoms with Crippen LogP contribution in [-0.4, -0.2) is 72.3 Å². The molecule has 1 unspecified atom stereocenters. The molecule has 190 valence electrons. The van der Waals surface area contributed by atoms with Gasteiger partial charge in [-0.15, -0.1) is 0 Å². The number of halogens is 3. The quantitative estimate of drug-likeness (QED) is 0.491. The zero-order chi connectivity index (χ0) is 25.3. The number of alkyl halides is 3. The maximum atomic E-state index is 13.1. The number of methoxy groups -OCH3 is 1. The SMILES string of the molecule is COc1cc2c(C3C(=O)Nc4cc(C(F)(F)F)cnc43)ncnc2cc1OCCCN1CCOCC1. The number of aromatic nitrogens is 3. The summed E-state index contributed by atoms with van der Waals surface area (Å²) >= 11 is 0. The minimum atomic E-state index is -4.57. The third kappa shape index (κ3) is 4.78. The van der Waals surface area contributed by atoms with Crippen LogP contribution in [0.15, 0.2) is 30.7 Å². The van der Waals surface area contributed by atoms with Gasteiger partial charge in [-0.2, -0.15) is 13.2 Å². The first-order valence-electron chi connectivity index (χ1n) is 11.5. The Kier molecular flexibility index (Phi) is 6.63. The highest BCUT2D eigenvalue weighted by molar-refractivity contribution is 6.06. The maximum absolute atomic E-state index is 13.1. The van der Waals surface area contributed by atoms with Gasteiger partial charge in [-0.1, -0.05) is 0 Å². The lowest BCUT2D eigenvalue weighted by Gasteiger charge is -2.26. The van der Waals surface area contributed by atoms with Gasteiger partial charge in [0.1, 0.15) is 12.2 Å². The zero-order valence-corrected chi connectivity index (χ0v) is 19.5. The van der Waals surface area contributed by atoms with Gasteiger partial charge in [-0.25, -0.2) is 9.97 Å². The first-order valence-corrected chi connectivity index (χ1v) is 11.5. The van der Waals surface area contributed by atoms with Gasteiger partial charge in [0.15, 0.2) is 11.5 Å². The highest BCUT2D eigenvalue weighted by Gasteiger charge is 2.39. The number of nitrogens with zero attached hydrogens (tertiary/aromatic N) is 4. The van der Waals surface area contributed by atoms with Crippen molar-refractivity contribution in [1.82, 2.24) is 19.9 Å². The number of hydrogen-bond donors (Lipinski definition) is 1. The molecular formula is C24H24F3N5O4. The molecule has 0 radical (unpaired) electrons. The van der Waals surface area contributed by atoms with E-state index >= 15 is 0 Å². The lowest BCUT2D eigenvalue weighted by molar-refractivity contribution is -0.137. The number of benzene rings is 1. The van der Waals surface area contributed by atoms with Crippen LogP contribution in [0.3, 0.4) is 0 Å². The number of morpholine rings is 1. The Labute approximate surface area is 204 Å². The largest absolute Gasteiger partial charge is 0.493 e. The van der Waals surface area contributed by atoms with Gasteiger partial charge in [-0.3, -0.25) is 14.7 Å². The molecule has 0 bridgehead atoms. The predicted molar refractivity (Wildman–Crippen MR) is 123 cm³/mol. The number of amides is 1. The highest BCUT2D eigenvalue weighted by Crippen LogP contribution is 2.41. The monoisotopic (exact) mass is 503 g/mol. The Balaban J connectivity index is 1.40. The molecule has 12 heteroatoms. The third-order valence-corrected chi connectivity index (χ3v) is 6.24. The summed E-state index contributed by atoms with van der Waals surface area (Å²) in [5.74, 6) is -0.568. The standard InChI is InChI=1S/C24H24F3N5O4/c1-34-18-10-15-16(11-19(18)36-6-2-3-32-4-7-35-8-5-32)29-13-30-21(15)20-22-17(31-23(20)33)9-14(12-28-22)24(25,26)27/h9-13,20H,2-8H2,1H3,(H,31,33). The van der Waals surface area contributed by atoms with Gasteiger partial charge in [-0.05, 0) is 18.6 Å². The van der Waals surface area contributed by atoms with Crippen LogP contribution in [0.2, 0.25) is 0 Å². The topological polar surface area (TPSA) is 98.7 Å². The molecule has 1 aromatic carbocycles. The average molecular weight is 503 g/mol. The predicted octanol–water partition coefficient (Wildman–Crippen LogP) is 3.24. The molecule has 0 saturated carbocycles. The summed E-state index contributed by atoms with van der Waals surface area (Å²) in [4.78, 5) is 27.7. The van der Waals surface area contributed by atoms with Crippen molar-refractivity contribution in [3.63, 3.8) is 0 Å². The zero-order valence-electron chi connectivity index (χ0n) is 19.5. The summed E-state index contributed by atoms with van der Waals surface area (Å²) in [5.41, 5.74) is 0.0822. The van der Waals surface area contributed by atoms with Crippen molar-refractivity contribution in [2.75, 3.05) is 51.9 Å². The fourth-order valence-corrected chi connectivity index (χ4v) is 4.42. The number of rotatable bonds is 7. The molecule has 1 fully saturated rings. The minimum absolute atomic E-state index is 0.0128. The van der Waals surface area contributed by atoms with Crippen molar-refractivity contribution < 1.29 is 32.2 Å². The van der Waals surface area contributed by atoms with E-state index in [1.165, 1.54) is 13.4 Å². The average Bonchev–Trinajstić information content (AvgIpc) is 3.20. The molecule has 4 heterocycles. The van der Waals surface area contributed by atoms with Crippen LogP contribution in [0, 0.1) is 0 Å². The van der Waals surface area contributed by atoms with Gasteiger partial charge >= 0.3 is 6.18 Å². The van der Waals surface area contributed by atoms with E-state index in [1.807, 2.05) is 0 Å². The molecular weight excluding hydrogens is 479 g/mol.